The van der Waals surface area contributed by atoms with Crippen LogP contribution in [0.4, 0.5) is 0 Å². The van der Waals surface area contributed by atoms with Gasteiger partial charge in [-0.15, -0.1) is 0 Å². The minimum absolute atomic E-state index is 0.164. The molecule has 0 aliphatic carbocycles. The van der Waals surface area contributed by atoms with Crippen molar-refractivity contribution in [1.82, 2.24) is 14.7 Å². The third kappa shape index (κ3) is 4.42. The molecule has 1 unspecified atom stereocenters. The van der Waals surface area contributed by atoms with Crippen LogP contribution in [-0.2, 0) is 16.0 Å². The Bertz CT molecular complexity index is 957. The number of aromatic nitrogens is 2. The average Bonchev–Trinajstić information content (AvgIpc) is 3.18. The van der Waals surface area contributed by atoms with Crippen LogP contribution in [0.25, 0.3) is 11.1 Å². The van der Waals surface area contributed by atoms with Gasteiger partial charge in [0.1, 0.15) is 10.9 Å². The molecule has 0 saturated carbocycles. The van der Waals surface area contributed by atoms with E-state index in [1.807, 2.05) is 30.3 Å². The van der Waals surface area contributed by atoms with Gasteiger partial charge in [-0.1, -0.05) is 30.3 Å². The van der Waals surface area contributed by atoms with Gasteiger partial charge in [0.15, 0.2) is 0 Å². The number of pyridine rings is 1. The summed E-state index contributed by atoms with van der Waals surface area (Å²) in [5.41, 5.74) is 7.36. The van der Waals surface area contributed by atoms with E-state index in [-0.39, 0.29) is 6.42 Å². The number of benzene rings is 1. The summed E-state index contributed by atoms with van der Waals surface area (Å²) >= 11 is 1.01. The zero-order valence-corrected chi connectivity index (χ0v) is 15.0. The lowest BCUT2D eigenvalue weighted by Crippen LogP contribution is -2.47. The van der Waals surface area contributed by atoms with Crippen molar-refractivity contribution in [2.24, 2.45) is 5.73 Å². The molecule has 0 fully saturated rings. The fraction of sp³-hybridized carbons (Fsp3) is 0.105. The second-order valence-corrected chi connectivity index (χ2v) is 6.55. The number of nitrogens with zero attached hydrogens (tertiary/aromatic N) is 2. The summed E-state index contributed by atoms with van der Waals surface area (Å²) in [6, 6.07) is 11.6. The predicted octanol–water partition coefficient (Wildman–Crippen LogP) is 1.60. The van der Waals surface area contributed by atoms with E-state index in [0.717, 1.165) is 22.7 Å². The van der Waals surface area contributed by atoms with E-state index < -0.39 is 23.6 Å². The smallest absolute Gasteiger partial charge is 0.287 e. The molecule has 7 nitrogen and oxygen atoms in total. The number of ketones is 1. The van der Waals surface area contributed by atoms with E-state index in [4.69, 9.17) is 5.73 Å². The second kappa shape index (κ2) is 8.33. The van der Waals surface area contributed by atoms with Gasteiger partial charge < -0.3 is 11.1 Å². The number of carbonyl (C=O) groups is 3. The van der Waals surface area contributed by atoms with Gasteiger partial charge >= 0.3 is 0 Å². The van der Waals surface area contributed by atoms with Gasteiger partial charge in [-0.05, 0) is 34.8 Å². The van der Waals surface area contributed by atoms with Crippen molar-refractivity contribution in [2.75, 3.05) is 0 Å². The van der Waals surface area contributed by atoms with E-state index in [1.165, 1.54) is 0 Å². The van der Waals surface area contributed by atoms with Crippen LogP contribution in [0, 0.1) is 0 Å². The Morgan fingerprint density at radius 1 is 1.07 bits per heavy atom. The molecule has 0 saturated heterocycles. The van der Waals surface area contributed by atoms with Crippen molar-refractivity contribution in [2.45, 2.75) is 12.5 Å². The number of nitrogens with one attached hydrogen (secondary N) is 1. The van der Waals surface area contributed by atoms with Gasteiger partial charge in [0, 0.05) is 30.6 Å². The van der Waals surface area contributed by atoms with Crippen LogP contribution in [0.1, 0.15) is 15.2 Å². The third-order valence-electron chi connectivity index (χ3n) is 3.92. The molecule has 0 aliphatic heterocycles. The molecule has 3 rings (SSSR count). The molecule has 2 heterocycles. The van der Waals surface area contributed by atoms with Gasteiger partial charge in [-0.25, -0.2) is 0 Å². The molecule has 27 heavy (non-hydrogen) atoms. The van der Waals surface area contributed by atoms with Gasteiger partial charge in [0.25, 0.3) is 11.8 Å². The topological polar surface area (TPSA) is 115 Å². The molecule has 0 spiro atoms. The van der Waals surface area contributed by atoms with Crippen LogP contribution in [-0.4, -0.2) is 33.0 Å². The molecule has 2 amide bonds. The zero-order valence-electron chi connectivity index (χ0n) is 14.2. The standard InChI is InChI=1S/C19H16N4O3S/c20-18(25)16(24)15(10-12-4-2-1-3-5-12)23-19(26)17-14(11-22-27-17)13-6-8-21-9-7-13/h1-9,11,15H,10H2,(H2,20,25)(H,23,26). The van der Waals surface area contributed by atoms with Crippen molar-refractivity contribution in [3.8, 4) is 11.1 Å². The number of Topliss-reactive ketones (excluding diaryl/α,β-unsaturated/α-hetero) is 1. The molecule has 8 heteroatoms. The molecule has 136 valence electrons. The fourth-order valence-electron chi connectivity index (χ4n) is 2.60. The Labute approximate surface area is 159 Å². The van der Waals surface area contributed by atoms with Crippen molar-refractivity contribution >= 4 is 29.1 Å². The average molecular weight is 380 g/mol. The minimum atomic E-state index is -1.09. The van der Waals surface area contributed by atoms with Crippen LogP contribution in [0.5, 0.6) is 0 Å². The summed E-state index contributed by atoms with van der Waals surface area (Å²) in [6.07, 6.45) is 4.97. The van der Waals surface area contributed by atoms with Gasteiger partial charge in [-0.3, -0.25) is 19.4 Å². The van der Waals surface area contributed by atoms with Gasteiger partial charge in [0.05, 0.1) is 0 Å². The Morgan fingerprint density at radius 2 is 1.78 bits per heavy atom. The molecule has 0 bridgehead atoms. The number of primary amides is 1. The second-order valence-electron chi connectivity index (χ2n) is 5.75. The first-order valence-electron chi connectivity index (χ1n) is 8.09. The Kier molecular flexibility index (Phi) is 5.68. The number of carbonyl (C=O) groups excluding carboxylic acids is 3. The fourth-order valence-corrected chi connectivity index (χ4v) is 3.27. The van der Waals surface area contributed by atoms with Crippen LogP contribution in [0.3, 0.4) is 0 Å². The summed E-state index contributed by atoms with van der Waals surface area (Å²) in [7, 11) is 0. The minimum Gasteiger partial charge on any atom is -0.363 e. The van der Waals surface area contributed by atoms with Crippen molar-refractivity contribution in [3.63, 3.8) is 0 Å². The lowest BCUT2D eigenvalue weighted by atomic mass is 10.0. The summed E-state index contributed by atoms with van der Waals surface area (Å²) in [5, 5.41) is 2.62. The molecule has 0 radical (unpaired) electrons. The molecular formula is C19H16N4O3S. The SMILES string of the molecule is NC(=O)C(=O)C(Cc1ccccc1)NC(=O)c1sncc1-c1ccncc1. The number of nitrogens with two attached hydrogens (primary N) is 1. The highest BCUT2D eigenvalue weighted by Crippen LogP contribution is 2.26. The van der Waals surface area contributed by atoms with Crippen molar-refractivity contribution < 1.29 is 14.4 Å². The summed E-state index contributed by atoms with van der Waals surface area (Å²) < 4.78 is 4.07. The molecular weight excluding hydrogens is 364 g/mol. The highest BCUT2D eigenvalue weighted by Gasteiger charge is 2.27. The van der Waals surface area contributed by atoms with E-state index >= 15 is 0 Å². The van der Waals surface area contributed by atoms with E-state index in [1.54, 1.807) is 30.7 Å². The highest BCUT2D eigenvalue weighted by molar-refractivity contribution is 7.08. The quantitative estimate of drug-likeness (QED) is 0.604. The van der Waals surface area contributed by atoms with Gasteiger partial charge in [0.2, 0.25) is 5.78 Å². The monoisotopic (exact) mass is 380 g/mol. The van der Waals surface area contributed by atoms with E-state index in [9.17, 15) is 14.4 Å². The maximum Gasteiger partial charge on any atom is 0.287 e. The first-order chi connectivity index (χ1) is 13.1. The van der Waals surface area contributed by atoms with Crippen molar-refractivity contribution in [1.29, 1.82) is 0 Å². The van der Waals surface area contributed by atoms with Gasteiger partial charge in [-0.2, -0.15) is 4.37 Å². The van der Waals surface area contributed by atoms with Crippen LogP contribution < -0.4 is 11.1 Å². The number of hydrogen-bond donors (Lipinski definition) is 2. The normalized spacial score (nSPS) is 11.6. The lowest BCUT2D eigenvalue weighted by molar-refractivity contribution is -0.137. The number of hydrogen-bond acceptors (Lipinski definition) is 6. The maximum absolute atomic E-state index is 12.8. The zero-order chi connectivity index (χ0) is 19.2. The first-order valence-corrected chi connectivity index (χ1v) is 8.87. The third-order valence-corrected chi connectivity index (χ3v) is 4.71. The first kappa shape index (κ1) is 18.4. The largest absolute Gasteiger partial charge is 0.363 e. The van der Waals surface area contributed by atoms with Crippen molar-refractivity contribution in [3.05, 3.63) is 71.5 Å². The summed E-state index contributed by atoms with van der Waals surface area (Å²) in [4.78, 5) is 40.7. The molecule has 3 aromatic rings. The van der Waals surface area contributed by atoms with Crippen LogP contribution >= 0.6 is 11.5 Å². The number of rotatable bonds is 7. The predicted molar refractivity (Wildman–Crippen MR) is 101 cm³/mol. The Balaban J connectivity index is 1.84. The highest BCUT2D eigenvalue weighted by atomic mass is 32.1. The van der Waals surface area contributed by atoms with E-state index in [0.29, 0.717) is 10.4 Å². The Hall–Kier alpha value is -3.39. The van der Waals surface area contributed by atoms with Crippen LogP contribution in [0.2, 0.25) is 0 Å². The Morgan fingerprint density at radius 3 is 2.44 bits per heavy atom. The molecule has 1 atom stereocenters. The molecule has 0 aliphatic rings. The number of amides is 2. The molecule has 2 aromatic heterocycles. The summed E-state index contributed by atoms with van der Waals surface area (Å²) in [5.74, 6) is -2.42. The molecule has 1 aromatic carbocycles. The molecule has 3 N–H and O–H groups in total. The lowest BCUT2D eigenvalue weighted by Gasteiger charge is -2.16. The maximum atomic E-state index is 12.8. The summed E-state index contributed by atoms with van der Waals surface area (Å²) in [6.45, 7) is 0. The van der Waals surface area contributed by atoms with Crippen LogP contribution in [0.15, 0.2) is 61.1 Å². The van der Waals surface area contributed by atoms with E-state index in [2.05, 4.69) is 14.7 Å².